The Morgan fingerprint density at radius 3 is 2.41 bits per heavy atom. The number of benzene rings is 1. The largest absolute Gasteiger partial charge is 0.464 e. The lowest BCUT2D eigenvalue weighted by Gasteiger charge is -2.33. The van der Waals surface area contributed by atoms with Gasteiger partial charge in [-0.25, -0.2) is 0 Å². The maximum Gasteiger partial charge on any atom is 0.195 e. The summed E-state index contributed by atoms with van der Waals surface area (Å²) in [6, 6.07) is 7.84. The second kappa shape index (κ2) is 5.06. The molecule has 0 unspecified atom stereocenters. The molecule has 1 rings (SSSR count). The van der Waals surface area contributed by atoms with Crippen LogP contribution in [0.25, 0.3) is 6.08 Å². The first kappa shape index (κ1) is 14.0. The summed E-state index contributed by atoms with van der Waals surface area (Å²) in [7, 11) is -1.61. The molecule has 0 saturated heterocycles. The van der Waals surface area contributed by atoms with E-state index in [9.17, 15) is 0 Å². The second-order valence-corrected chi connectivity index (χ2v) is 9.92. The Hall–Kier alpha value is -1.06. The van der Waals surface area contributed by atoms with Crippen LogP contribution in [0.4, 0.5) is 0 Å². The quantitative estimate of drug-likeness (QED) is 0.573. The van der Waals surface area contributed by atoms with Gasteiger partial charge < -0.3 is 9.16 Å². The van der Waals surface area contributed by atoms with E-state index in [0.717, 1.165) is 11.3 Å². The van der Waals surface area contributed by atoms with Gasteiger partial charge in [0, 0.05) is 0 Å². The second-order valence-electron chi connectivity index (χ2n) is 5.49. The van der Waals surface area contributed by atoms with Crippen molar-refractivity contribution in [2.45, 2.75) is 39.3 Å². The van der Waals surface area contributed by atoms with E-state index in [2.05, 4.69) is 26.2 Å². The number of hydrogen-bond acceptors (Lipinski definition) is 2. The summed E-state index contributed by atoms with van der Waals surface area (Å²) in [5.41, 5.74) is 1.05. The molecule has 1 aromatic rings. The molecule has 0 aliphatic heterocycles. The minimum Gasteiger partial charge on any atom is -0.464 e. The van der Waals surface area contributed by atoms with E-state index in [1.807, 2.05) is 38.1 Å². The molecule has 0 aliphatic carbocycles. The van der Waals surface area contributed by atoms with Crippen LogP contribution < -0.4 is 4.74 Å². The van der Waals surface area contributed by atoms with E-state index in [1.54, 1.807) is 6.08 Å². The highest BCUT2D eigenvalue weighted by molar-refractivity contribution is 6.69. The maximum atomic E-state index is 5.99. The molecular weight excluding hydrogens is 228 g/mol. The fourth-order valence-corrected chi connectivity index (χ4v) is 3.26. The summed E-state index contributed by atoms with van der Waals surface area (Å²) < 4.78 is 11.9. The molecule has 0 aliphatic rings. The van der Waals surface area contributed by atoms with Crippen LogP contribution in [0.3, 0.4) is 0 Å². The molecule has 0 fully saturated rings. The van der Waals surface area contributed by atoms with E-state index in [1.165, 1.54) is 0 Å². The fourth-order valence-electron chi connectivity index (χ4n) is 1.75. The van der Waals surface area contributed by atoms with Gasteiger partial charge in [-0.3, -0.25) is 0 Å². The zero-order valence-corrected chi connectivity index (χ0v) is 12.4. The van der Waals surface area contributed by atoms with Crippen molar-refractivity contribution in [3.63, 3.8) is 0 Å². The van der Waals surface area contributed by atoms with Crippen molar-refractivity contribution in [3.05, 3.63) is 36.4 Å². The van der Waals surface area contributed by atoms with Crippen LogP contribution >= 0.6 is 0 Å². The van der Waals surface area contributed by atoms with Gasteiger partial charge >= 0.3 is 0 Å². The Morgan fingerprint density at radius 2 is 1.88 bits per heavy atom. The van der Waals surface area contributed by atoms with Gasteiger partial charge in [-0.1, -0.05) is 24.8 Å². The van der Waals surface area contributed by atoms with Crippen LogP contribution in [0.15, 0.2) is 30.8 Å². The van der Waals surface area contributed by atoms with Crippen LogP contribution in [0.1, 0.15) is 19.4 Å². The van der Waals surface area contributed by atoms with Gasteiger partial charge in [-0.05, 0) is 51.2 Å². The lowest BCUT2D eigenvalue weighted by atomic mass is 10.2. The number of hydrogen-bond donors (Lipinski definition) is 0. The summed E-state index contributed by atoms with van der Waals surface area (Å²) in [4.78, 5) is 0. The molecule has 0 spiro atoms. The minimum absolute atomic E-state index is 0.593. The van der Waals surface area contributed by atoms with Crippen LogP contribution in [-0.4, -0.2) is 14.1 Å². The Labute approximate surface area is 105 Å². The van der Waals surface area contributed by atoms with Crippen molar-refractivity contribution < 1.29 is 9.16 Å². The van der Waals surface area contributed by atoms with Crippen LogP contribution in [0.2, 0.25) is 19.6 Å². The van der Waals surface area contributed by atoms with Crippen molar-refractivity contribution in [2.24, 2.45) is 0 Å². The lowest BCUT2D eigenvalue weighted by molar-refractivity contribution is -0.0877. The Balaban J connectivity index is 2.78. The molecule has 94 valence electrons. The van der Waals surface area contributed by atoms with Crippen molar-refractivity contribution >= 4 is 14.4 Å². The van der Waals surface area contributed by atoms with Gasteiger partial charge in [0.2, 0.25) is 0 Å². The normalized spacial score (nSPS) is 12.3. The molecule has 0 amide bonds. The van der Waals surface area contributed by atoms with Crippen molar-refractivity contribution in [3.8, 4) is 5.75 Å². The first-order valence-electron chi connectivity index (χ1n) is 5.83. The highest BCUT2D eigenvalue weighted by Gasteiger charge is 2.28. The van der Waals surface area contributed by atoms with E-state index in [4.69, 9.17) is 9.16 Å². The van der Waals surface area contributed by atoms with Gasteiger partial charge in [-0.2, -0.15) is 0 Å². The monoisotopic (exact) mass is 250 g/mol. The van der Waals surface area contributed by atoms with E-state index in [0.29, 0.717) is 0 Å². The standard InChI is InChI=1S/C14H22O2Si/c1-7-12-9-8-10-13(11-12)15-14(2,3)16-17(4,5)6/h7-11H,1H2,2-6H3. The van der Waals surface area contributed by atoms with E-state index >= 15 is 0 Å². The molecule has 1 aromatic carbocycles. The smallest absolute Gasteiger partial charge is 0.195 e. The van der Waals surface area contributed by atoms with Crippen LogP contribution in [-0.2, 0) is 4.43 Å². The number of ether oxygens (including phenoxy) is 1. The van der Waals surface area contributed by atoms with E-state index < -0.39 is 14.1 Å². The SMILES string of the molecule is C=Cc1cccc(OC(C)(C)O[Si](C)(C)C)c1. The van der Waals surface area contributed by atoms with Crippen LogP contribution in [0, 0.1) is 0 Å². The molecule has 0 heterocycles. The molecule has 0 saturated carbocycles. The minimum atomic E-state index is -1.61. The third kappa shape index (κ3) is 5.19. The van der Waals surface area contributed by atoms with Gasteiger partial charge in [-0.15, -0.1) is 0 Å². The van der Waals surface area contributed by atoms with E-state index in [-0.39, 0.29) is 0 Å². The van der Waals surface area contributed by atoms with Crippen molar-refractivity contribution in [2.75, 3.05) is 0 Å². The zero-order valence-electron chi connectivity index (χ0n) is 11.4. The van der Waals surface area contributed by atoms with Gasteiger partial charge in [0.15, 0.2) is 14.1 Å². The Bertz CT molecular complexity index is 391. The molecule has 3 heteroatoms. The molecule has 17 heavy (non-hydrogen) atoms. The fraction of sp³-hybridized carbons (Fsp3) is 0.429. The van der Waals surface area contributed by atoms with Gasteiger partial charge in [0.1, 0.15) is 5.75 Å². The molecular formula is C14H22O2Si. The summed E-state index contributed by atoms with van der Waals surface area (Å²) in [6.07, 6.45) is 1.80. The summed E-state index contributed by atoms with van der Waals surface area (Å²) in [5.74, 6) is 0.218. The lowest BCUT2D eigenvalue weighted by Crippen LogP contribution is -2.42. The summed E-state index contributed by atoms with van der Waals surface area (Å²) >= 11 is 0. The molecule has 0 radical (unpaired) electrons. The highest BCUT2D eigenvalue weighted by atomic mass is 28.4. The number of rotatable bonds is 5. The Kier molecular flexibility index (Phi) is 4.17. The predicted molar refractivity (Wildman–Crippen MR) is 75.7 cm³/mol. The first-order chi connectivity index (χ1) is 7.72. The topological polar surface area (TPSA) is 18.5 Å². The summed E-state index contributed by atoms with van der Waals surface area (Å²) in [6.45, 7) is 14.1. The molecule has 0 N–H and O–H groups in total. The van der Waals surface area contributed by atoms with Crippen molar-refractivity contribution in [1.29, 1.82) is 0 Å². The van der Waals surface area contributed by atoms with Gasteiger partial charge in [0.25, 0.3) is 0 Å². The van der Waals surface area contributed by atoms with Gasteiger partial charge in [0.05, 0.1) is 0 Å². The third-order valence-electron chi connectivity index (χ3n) is 2.01. The molecule has 2 nitrogen and oxygen atoms in total. The zero-order chi connectivity index (χ0) is 13.1. The molecule has 0 aromatic heterocycles. The highest BCUT2D eigenvalue weighted by Crippen LogP contribution is 2.23. The predicted octanol–water partition coefficient (Wildman–Crippen LogP) is 4.30. The summed E-state index contributed by atoms with van der Waals surface area (Å²) in [5, 5.41) is 0. The maximum absolute atomic E-state index is 5.99. The average Bonchev–Trinajstić information content (AvgIpc) is 2.13. The molecule has 0 bridgehead atoms. The third-order valence-corrected chi connectivity index (χ3v) is 3.11. The Morgan fingerprint density at radius 1 is 1.24 bits per heavy atom. The van der Waals surface area contributed by atoms with Crippen LogP contribution in [0.5, 0.6) is 5.75 Å². The average molecular weight is 250 g/mol. The molecule has 0 atom stereocenters. The van der Waals surface area contributed by atoms with Crippen molar-refractivity contribution in [1.82, 2.24) is 0 Å². The first-order valence-corrected chi connectivity index (χ1v) is 9.24.